The minimum atomic E-state index is 0.181. The van der Waals surface area contributed by atoms with E-state index in [1.807, 2.05) is 11.0 Å². The molecule has 0 spiro atoms. The maximum atomic E-state index is 12.4. The number of carbonyl (C=O) groups excluding carboxylic acids is 1. The first-order valence-electron chi connectivity index (χ1n) is 8.02. The molecule has 1 atom stereocenters. The van der Waals surface area contributed by atoms with Gasteiger partial charge in [0.15, 0.2) is 0 Å². The van der Waals surface area contributed by atoms with Crippen LogP contribution in [-0.4, -0.2) is 53.0 Å². The number of piperidine rings is 1. The highest BCUT2D eigenvalue weighted by atomic mass is 16.3. The summed E-state index contributed by atoms with van der Waals surface area (Å²) in [6, 6.07) is 7.55. The van der Waals surface area contributed by atoms with Crippen LogP contribution in [0.15, 0.2) is 24.3 Å². The van der Waals surface area contributed by atoms with E-state index in [0.717, 1.165) is 25.1 Å². The molecule has 2 aliphatic rings. The van der Waals surface area contributed by atoms with Gasteiger partial charge in [0, 0.05) is 19.1 Å². The minimum Gasteiger partial charge on any atom is -0.508 e. The molecule has 1 amide bonds. The van der Waals surface area contributed by atoms with Crippen LogP contribution in [0.3, 0.4) is 0 Å². The molecular weight excluding hydrogens is 264 g/mol. The molecule has 2 fully saturated rings. The standard InChI is InChI=1S/C17H24N2O2/c20-16-6-4-5-14(11-16)12-17(21)19-10-7-15(13-19)18-8-2-1-3-9-18/h4-6,11,15,20H,1-3,7-10,12-13H2. The molecule has 1 N–H and O–H groups in total. The Hall–Kier alpha value is -1.55. The van der Waals surface area contributed by atoms with Crippen molar-refractivity contribution in [3.63, 3.8) is 0 Å². The van der Waals surface area contributed by atoms with Crippen LogP contribution in [0.25, 0.3) is 0 Å². The maximum Gasteiger partial charge on any atom is 0.227 e. The van der Waals surface area contributed by atoms with E-state index >= 15 is 0 Å². The van der Waals surface area contributed by atoms with Crippen molar-refractivity contribution in [2.75, 3.05) is 26.2 Å². The molecule has 3 rings (SSSR count). The maximum absolute atomic E-state index is 12.4. The molecular formula is C17H24N2O2. The van der Waals surface area contributed by atoms with E-state index in [-0.39, 0.29) is 11.7 Å². The molecule has 4 heteroatoms. The van der Waals surface area contributed by atoms with Gasteiger partial charge in [0.25, 0.3) is 0 Å². The highest BCUT2D eigenvalue weighted by molar-refractivity contribution is 5.79. The summed E-state index contributed by atoms with van der Waals surface area (Å²) in [5.41, 5.74) is 0.890. The number of amides is 1. The quantitative estimate of drug-likeness (QED) is 0.925. The Morgan fingerprint density at radius 3 is 2.76 bits per heavy atom. The Morgan fingerprint density at radius 2 is 2.00 bits per heavy atom. The summed E-state index contributed by atoms with van der Waals surface area (Å²) in [6.45, 7) is 4.13. The normalized spacial score (nSPS) is 23.4. The van der Waals surface area contributed by atoms with Crippen molar-refractivity contribution in [2.45, 2.75) is 38.1 Å². The topological polar surface area (TPSA) is 43.8 Å². The van der Waals surface area contributed by atoms with Crippen molar-refractivity contribution < 1.29 is 9.90 Å². The second kappa shape index (κ2) is 6.48. The van der Waals surface area contributed by atoms with Crippen LogP contribution in [-0.2, 0) is 11.2 Å². The number of hydrogen-bond donors (Lipinski definition) is 1. The fraction of sp³-hybridized carbons (Fsp3) is 0.588. The molecule has 1 aromatic carbocycles. The highest BCUT2D eigenvalue weighted by Crippen LogP contribution is 2.21. The molecule has 2 heterocycles. The number of likely N-dealkylation sites (tertiary alicyclic amines) is 2. The van der Waals surface area contributed by atoms with Crippen LogP contribution < -0.4 is 0 Å². The van der Waals surface area contributed by atoms with Crippen LogP contribution in [0.5, 0.6) is 5.75 Å². The summed E-state index contributed by atoms with van der Waals surface area (Å²) in [5.74, 6) is 0.410. The number of carbonyl (C=O) groups is 1. The molecule has 0 bridgehead atoms. The van der Waals surface area contributed by atoms with Gasteiger partial charge in [0.2, 0.25) is 5.91 Å². The van der Waals surface area contributed by atoms with Gasteiger partial charge >= 0.3 is 0 Å². The summed E-state index contributed by atoms with van der Waals surface area (Å²) in [5, 5.41) is 9.47. The van der Waals surface area contributed by atoms with Gasteiger partial charge in [0.1, 0.15) is 5.75 Å². The lowest BCUT2D eigenvalue weighted by molar-refractivity contribution is -0.129. The monoisotopic (exact) mass is 288 g/mol. The van der Waals surface area contributed by atoms with Crippen LogP contribution in [0.1, 0.15) is 31.2 Å². The molecule has 0 saturated carbocycles. The third-order valence-electron chi connectivity index (χ3n) is 4.69. The van der Waals surface area contributed by atoms with Gasteiger partial charge in [-0.05, 0) is 50.0 Å². The predicted molar refractivity (Wildman–Crippen MR) is 82.2 cm³/mol. The Labute approximate surface area is 126 Å². The van der Waals surface area contributed by atoms with E-state index in [2.05, 4.69) is 4.90 Å². The molecule has 114 valence electrons. The lowest BCUT2D eigenvalue weighted by atomic mass is 10.1. The average molecular weight is 288 g/mol. The second-order valence-corrected chi connectivity index (χ2v) is 6.23. The SMILES string of the molecule is O=C(Cc1cccc(O)c1)N1CCC(N2CCCCC2)C1. The highest BCUT2D eigenvalue weighted by Gasteiger charge is 2.30. The molecule has 21 heavy (non-hydrogen) atoms. The van der Waals surface area contributed by atoms with E-state index in [9.17, 15) is 9.90 Å². The fourth-order valence-corrected chi connectivity index (χ4v) is 3.50. The Morgan fingerprint density at radius 1 is 1.19 bits per heavy atom. The number of nitrogens with zero attached hydrogens (tertiary/aromatic N) is 2. The van der Waals surface area contributed by atoms with E-state index in [1.54, 1.807) is 18.2 Å². The van der Waals surface area contributed by atoms with E-state index in [0.29, 0.717) is 12.5 Å². The Kier molecular flexibility index (Phi) is 4.44. The van der Waals surface area contributed by atoms with E-state index in [1.165, 1.54) is 32.4 Å². The van der Waals surface area contributed by atoms with Crippen molar-refractivity contribution in [2.24, 2.45) is 0 Å². The van der Waals surface area contributed by atoms with Crippen molar-refractivity contribution >= 4 is 5.91 Å². The zero-order chi connectivity index (χ0) is 14.7. The second-order valence-electron chi connectivity index (χ2n) is 6.23. The fourth-order valence-electron chi connectivity index (χ4n) is 3.50. The van der Waals surface area contributed by atoms with Crippen LogP contribution >= 0.6 is 0 Å². The minimum absolute atomic E-state index is 0.181. The van der Waals surface area contributed by atoms with Crippen LogP contribution in [0, 0.1) is 0 Å². The van der Waals surface area contributed by atoms with E-state index < -0.39 is 0 Å². The smallest absolute Gasteiger partial charge is 0.227 e. The summed E-state index contributed by atoms with van der Waals surface area (Å²) in [4.78, 5) is 16.9. The van der Waals surface area contributed by atoms with E-state index in [4.69, 9.17) is 0 Å². The Bertz CT molecular complexity index is 497. The molecule has 0 aromatic heterocycles. The summed E-state index contributed by atoms with van der Waals surface area (Å²) in [7, 11) is 0. The molecule has 2 saturated heterocycles. The van der Waals surface area contributed by atoms with Crippen molar-refractivity contribution in [3.05, 3.63) is 29.8 Å². The number of aromatic hydroxyl groups is 1. The lowest BCUT2D eigenvalue weighted by Gasteiger charge is -2.32. The lowest BCUT2D eigenvalue weighted by Crippen LogP contribution is -2.41. The average Bonchev–Trinajstić information content (AvgIpc) is 2.98. The molecule has 0 radical (unpaired) electrons. The summed E-state index contributed by atoms with van der Waals surface area (Å²) >= 11 is 0. The van der Waals surface area contributed by atoms with Crippen LogP contribution in [0.2, 0.25) is 0 Å². The number of hydrogen-bond acceptors (Lipinski definition) is 3. The summed E-state index contributed by atoms with van der Waals surface area (Å²) < 4.78 is 0. The molecule has 4 nitrogen and oxygen atoms in total. The first kappa shape index (κ1) is 14.4. The number of phenolic OH excluding ortho intramolecular Hbond substituents is 1. The number of benzene rings is 1. The van der Waals surface area contributed by atoms with Gasteiger partial charge in [0.05, 0.1) is 6.42 Å². The van der Waals surface area contributed by atoms with Crippen molar-refractivity contribution in [3.8, 4) is 5.75 Å². The zero-order valence-electron chi connectivity index (χ0n) is 12.5. The molecule has 2 aliphatic heterocycles. The van der Waals surface area contributed by atoms with Gasteiger partial charge in [-0.1, -0.05) is 18.6 Å². The van der Waals surface area contributed by atoms with Gasteiger partial charge in [-0.2, -0.15) is 0 Å². The van der Waals surface area contributed by atoms with Gasteiger partial charge in [-0.25, -0.2) is 0 Å². The third-order valence-corrected chi connectivity index (χ3v) is 4.69. The summed E-state index contributed by atoms with van der Waals surface area (Å²) in [6.07, 6.45) is 5.44. The van der Waals surface area contributed by atoms with Crippen molar-refractivity contribution in [1.82, 2.24) is 9.80 Å². The zero-order valence-corrected chi connectivity index (χ0v) is 12.5. The first-order chi connectivity index (χ1) is 10.2. The predicted octanol–water partition coefficient (Wildman–Crippen LogP) is 2.02. The van der Waals surface area contributed by atoms with Gasteiger partial charge in [-0.15, -0.1) is 0 Å². The molecule has 1 unspecified atom stereocenters. The number of rotatable bonds is 3. The first-order valence-corrected chi connectivity index (χ1v) is 8.02. The molecule has 0 aliphatic carbocycles. The van der Waals surface area contributed by atoms with Gasteiger partial charge < -0.3 is 10.0 Å². The third kappa shape index (κ3) is 3.56. The van der Waals surface area contributed by atoms with Gasteiger partial charge in [-0.3, -0.25) is 9.69 Å². The number of phenols is 1. The largest absolute Gasteiger partial charge is 0.508 e. The molecule has 1 aromatic rings. The van der Waals surface area contributed by atoms with Crippen molar-refractivity contribution in [1.29, 1.82) is 0 Å². The Balaban J connectivity index is 1.54. The van der Waals surface area contributed by atoms with Crippen LogP contribution in [0.4, 0.5) is 0 Å².